The smallest absolute Gasteiger partial charge is 0.244 e. The number of hydrogen-bond acceptors (Lipinski definition) is 3. The zero-order valence-electron chi connectivity index (χ0n) is 9.17. The highest BCUT2D eigenvalue weighted by atomic mass is 79.9. The van der Waals surface area contributed by atoms with E-state index >= 15 is 0 Å². The number of sulfonamides is 1. The van der Waals surface area contributed by atoms with Crippen LogP contribution in [-0.4, -0.2) is 14.5 Å². The van der Waals surface area contributed by atoms with Gasteiger partial charge in [0.2, 0.25) is 10.0 Å². The van der Waals surface area contributed by atoms with Gasteiger partial charge in [-0.3, -0.25) is 0 Å². The molecular formula is C10H9BrClFN2O2S. The lowest BCUT2D eigenvalue weighted by Crippen LogP contribution is -2.32. The van der Waals surface area contributed by atoms with Crippen LogP contribution in [0.15, 0.2) is 15.4 Å². The summed E-state index contributed by atoms with van der Waals surface area (Å²) in [5, 5.41) is -0.0114. The molecule has 1 unspecified atom stereocenters. The van der Waals surface area contributed by atoms with E-state index in [0.29, 0.717) is 0 Å². The summed E-state index contributed by atoms with van der Waals surface area (Å²) in [6.07, 6.45) is 5.05. The maximum absolute atomic E-state index is 13.8. The predicted molar refractivity (Wildman–Crippen MR) is 72.1 cm³/mol. The monoisotopic (exact) mass is 354 g/mol. The minimum atomic E-state index is -4.12. The summed E-state index contributed by atoms with van der Waals surface area (Å²) < 4.78 is 39.7. The molecule has 1 aromatic rings. The average Bonchev–Trinajstić information content (AvgIpc) is 2.30. The molecule has 0 saturated carbocycles. The first-order chi connectivity index (χ1) is 8.20. The Morgan fingerprint density at radius 3 is 2.72 bits per heavy atom. The van der Waals surface area contributed by atoms with Gasteiger partial charge in [0.1, 0.15) is 4.90 Å². The van der Waals surface area contributed by atoms with Crippen LogP contribution in [0.4, 0.5) is 10.1 Å². The van der Waals surface area contributed by atoms with Crippen LogP contribution >= 0.6 is 27.5 Å². The van der Waals surface area contributed by atoms with E-state index in [0.717, 1.165) is 6.07 Å². The topological polar surface area (TPSA) is 72.2 Å². The number of terminal acetylenes is 1. The van der Waals surface area contributed by atoms with Gasteiger partial charge in [0.15, 0.2) is 5.82 Å². The highest BCUT2D eigenvalue weighted by Gasteiger charge is 2.25. The van der Waals surface area contributed by atoms with Crippen LogP contribution < -0.4 is 10.5 Å². The van der Waals surface area contributed by atoms with Crippen molar-refractivity contribution in [3.8, 4) is 12.3 Å². The maximum Gasteiger partial charge on any atom is 0.244 e. The van der Waals surface area contributed by atoms with Crippen molar-refractivity contribution >= 4 is 43.2 Å². The van der Waals surface area contributed by atoms with Gasteiger partial charge >= 0.3 is 0 Å². The zero-order valence-corrected chi connectivity index (χ0v) is 12.3. The summed E-state index contributed by atoms with van der Waals surface area (Å²) in [7, 11) is -4.12. The molecule has 3 N–H and O–H groups in total. The van der Waals surface area contributed by atoms with Gasteiger partial charge in [0.25, 0.3) is 0 Å². The molecule has 0 fully saturated rings. The van der Waals surface area contributed by atoms with Crippen molar-refractivity contribution in [2.45, 2.75) is 17.9 Å². The Morgan fingerprint density at radius 2 is 2.22 bits per heavy atom. The summed E-state index contributed by atoms with van der Waals surface area (Å²) in [4.78, 5) is -0.643. The largest absolute Gasteiger partial charge is 0.395 e. The second-order valence-corrected chi connectivity index (χ2v) is 6.29. The lowest BCUT2D eigenvalue weighted by Gasteiger charge is -2.12. The normalized spacial score (nSPS) is 13.1. The van der Waals surface area contributed by atoms with Crippen LogP contribution in [0.25, 0.3) is 0 Å². The number of nitrogens with two attached hydrogens (primary N) is 1. The van der Waals surface area contributed by atoms with Crippen LogP contribution in [0.5, 0.6) is 0 Å². The van der Waals surface area contributed by atoms with E-state index < -0.39 is 26.8 Å². The van der Waals surface area contributed by atoms with E-state index in [4.69, 9.17) is 23.8 Å². The first-order valence-electron chi connectivity index (χ1n) is 4.62. The lowest BCUT2D eigenvalue weighted by atomic mass is 10.3. The minimum absolute atomic E-state index is 0.0114. The molecule has 0 amide bonds. The van der Waals surface area contributed by atoms with Crippen LogP contribution in [0.1, 0.15) is 6.92 Å². The van der Waals surface area contributed by atoms with Crippen LogP contribution in [-0.2, 0) is 10.0 Å². The number of nitrogens with one attached hydrogen (secondary N) is 1. The van der Waals surface area contributed by atoms with E-state index in [2.05, 4.69) is 26.6 Å². The summed E-state index contributed by atoms with van der Waals surface area (Å²) in [6, 6.07) is 0.182. The summed E-state index contributed by atoms with van der Waals surface area (Å²) in [5.41, 5.74) is 5.03. The van der Waals surface area contributed by atoms with Crippen molar-refractivity contribution in [2.24, 2.45) is 0 Å². The van der Waals surface area contributed by atoms with Crippen molar-refractivity contribution in [3.05, 3.63) is 21.4 Å². The second kappa shape index (κ2) is 5.45. The molecule has 4 nitrogen and oxygen atoms in total. The molecule has 0 radical (unpaired) electrons. The summed E-state index contributed by atoms with van der Waals surface area (Å²) in [6.45, 7) is 1.44. The first kappa shape index (κ1) is 15.2. The molecule has 0 heterocycles. The van der Waals surface area contributed by atoms with Gasteiger partial charge in [-0.05, 0) is 28.9 Å². The van der Waals surface area contributed by atoms with E-state index in [1.807, 2.05) is 0 Å². The maximum atomic E-state index is 13.8. The van der Waals surface area contributed by atoms with Crippen molar-refractivity contribution < 1.29 is 12.8 Å². The molecule has 0 bridgehead atoms. The quantitative estimate of drug-likeness (QED) is 0.495. The van der Waals surface area contributed by atoms with Crippen molar-refractivity contribution in [3.63, 3.8) is 0 Å². The fraction of sp³-hybridized carbons (Fsp3) is 0.200. The van der Waals surface area contributed by atoms with Gasteiger partial charge in [-0.15, -0.1) is 6.42 Å². The number of nitrogen functional groups attached to an aromatic ring is 1. The molecule has 18 heavy (non-hydrogen) atoms. The first-order valence-corrected chi connectivity index (χ1v) is 7.27. The summed E-state index contributed by atoms with van der Waals surface area (Å²) in [5.74, 6) is 1.08. The Hall–Kier alpha value is -0.810. The van der Waals surface area contributed by atoms with Crippen molar-refractivity contribution in [1.29, 1.82) is 0 Å². The number of rotatable bonds is 3. The lowest BCUT2D eigenvalue weighted by molar-refractivity contribution is 0.556. The molecule has 8 heteroatoms. The molecule has 0 aliphatic heterocycles. The van der Waals surface area contributed by atoms with Gasteiger partial charge in [0.05, 0.1) is 21.2 Å². The van der Waals surface area contributed by atoms with Crippen molar-refractivity contribution in [2.75, 3.05) is 5.73 Å². The van der Waals surface area contributed by atoms with Crippen LogP contribution in [0.2, 0.25) is 5.02 Å². The Kier molecular flexibility index (Phi) is 4.61. The standard InChI is InChI=1S/C10H9BrClFN2O2S/c1-3-5(2)15-18(16,17)7-4-6(12)8(11)10(14)9(7)13/h1,4-5,15H,14H2,2H3. The zero-order chi connectivity index (χ0) is 14.1. The highest BCUT2D eigenvalue weighted by Crippen LogP contribution is 2.34. The molecule has 98 valence electrons. The third-order valence-corrected chi connectivity index (χ3v) is 4.95. The second-order valence-electron chi connectivity index (χ2n) is 3.41. The van der Waals surface area contributed by atoms with E-state index in [1.165, 1.54) is 6.92 Å². The van der Waals surface area contributed by atoms with Crippen molar-refractivity contribution in [1.82, 2.24) is 4.72 Å². The van der Waals surface area contributed by atoms with Gasteiger partial charge in [-0.25, -0.2) is 12.8 Å². The summed E-state index contributed by atoms with van der Waals surface area (Å²) >= 11 is 8.69. The number of anilines is 1. The van der Waals surface area contributed by atoms with Gasteiger partial charge in [0, 0.05) is 0 Å². The molecule has 0 aliphatic rings. The molecule has 1 aromatic carbocycles. The van der Waals surface area contributed by atoms with Gasteiger partial charge in [-0.2, -0.15) is 4.72 Å². The predicted octanol–water partition coefficient (Wildman–Crippen LogP) is 2.12. The Balaban J connectivity index is 3.40. The SMILES string of the molecule is C#CC(C)NS(=O)(=O)c1cc(Cl)c(Br)c(N)c1F. The van der Waals surface area contributed by atoms with Gasteiger partial charge < -0.3 is 5.73 Å². The van der Waals surface area contributed by atoms with Crippen LogP contribution in [0, 0.1) is 18.2 Å². The van der Waals surface area contributed by atoms with E-state index in [9.17, 15) is 12.8 Å². The Bertz CT molecular complexity index is 628. The molecular weight excluding hydrogens is 347 g/mol. The number of halogens is 3. The third kappa shape index (κ3) is 2.95. The number of benzene rings is 1. The molecule has 0 spiro atoms. The van der Waals surface area contributed by atoms with E-state index in [-0.39, 0.29) is 15.2 Å². The minimum Gasteiger partial charge on any atom is -0.395 e. The molecule has 0 aromatic heterocycles. The average molecular weight is 356 g/mol. The third-order valence-electron chi connectivity index (χ3n) is 2.03. The fourth-order valence-electron chi connectivity index (χ4n) is 1.13. The fourth-order valence-corrected chi connectivity index (χ4v) is 2.97. The highest BCUT2D eigenvalue weighted by molar-refractivity contribution is 9.10. The Labute approximate surface area is 118 Å². The molecule has 1 rings (SSSR count). The molecule has 0 aliphatic carbocycles. The van der Waals surface area contributed by atoms with E-state index in [1.54, 1.807) is 0 Å². The number of hydrogen-bond donors (Lipinski definition) is 2. The molecule has 1 atom stereocenters. The Morgan fingerprint density at radius 1 is 1.67 bits per heavy atom. The van der Waals surface area contributed by atoms with Gasteiger partial charge in [-0.1, -0.05) is 17.5 Å². The molecule has 0 saturated heterocycles. The van der Waals surface area contributed by atoms with Crippen LogP contribution in [0.3, 0.4) is 0 Å².